The first-order valence-electron chi connectivity index (χ1n) is 5.11. The molecule has 0 bridgehead atoms. The Hall–Kier alpha value is -2.18. The molecule has 0 radical (unpaired) electrons. The summed E-state index contributed by atoms with van der Waals surface area (Å²) in [5.74, 6) is -0.738. The first-order valence-corrected chi connectivity index (χ1v) is 5.11. The van der Waals surface area contributed by atoms with Gasteiger partial charge in [-0.1, -0.05) is 13.8 Å². The van der Waals surface area contributed by atoms with E-state index in [0.29, 0.717) is 5.82 Å². The Bertz CT molecular complexity index is 415. The number of nitrogens with zero attached hydrogens (tertiary/aromatic N) is 2. The highest BCUT2D eigenvalue weighted by molar-refractivity contribution is 5.90. The van der Waals surface area contributed by atoms with Crippen molar-refractivity contribution in [2.75, 3.05) is 5.32 Å². The fourth-order valence-corrected chi connectivity index (χ4v) is 1.27. The van der Waals surface area contributed by atoms with Crippen molar-refractivity contribution in [2.24, 2.45) is 17.4 Å². The number of carbonyl (C=O) groups excluding carboxylic acids is 2. The molecule has 0 aromatic carbocycles. The molecule has 1 unspecified atom stereocenters. The Balaban J connectivity index is 2.80. The Labute approximate surface area is 98.6 Å². The topological polar surface area (TPSA) is 124 Å². The normalized spacial score (nSPS) is 12.2. The summed E-state index contributed by atoms with van der Waals surface area (Å²) >= 11 is 0. The van der Waals surface area contributed by atoms with Gasteiger partial charge in [0.25, 0.3) is 5.91 Å². The second-order valence-corrected chi connectivity index (χ2v) is 3.94. The predicted molar refractivity (Wildman–Crippen MR) is 62.0 cm³/mol. The van der Waals surface area contributed by atoms with E-state index in [0.717, 1.165) is 0 Å². The van der Waals surface area contributed by atoms with E-state index < -0.39 is 17.9 Å². The van der Waals surface area contributed by atoms with Crippen LogP contribution in [0.2, 0.25) is 0 Å². The van der Waals surface area contributed by atoms with Crippen LogP contribution >= 0.6 is 0 Å². The number of amides is 2. The Morgan fingerprint density at radius 2 is 1.88 bits per heavy atom. The third-order valence-electron chi connectivity index (χ3n) is 2.19. The van der Waals surface area contributed by atoms with Crippen molar-refractivity contribution in [1.29, 1.82) is 0 Å². The lowest BCUT2D eigenvalue weighted by Gasteiger charge is -2.18. The molecule has 0 aliphatic rings. The number of aromatic nitrogens is 2. The van der Waals surface area contributed by atoms with E-state index in [9.17, 15) is 9.59 Å². The molecule has 1 aromatic heterocycles. The molecule has 1 atom stereocenters. The molecular formula is C10H15N5O2. The molecule has 7 nitrogen and oxygen atoms in total. The van der Waals surface area contributed by atoms with Crippen LogP contribution < -0.4 is 16.8 Å². The van der Waals surface area contributed by atoms with Gasteiger partial charge in [-0.25, -0.2) is 0 Å². The smallest absolute Gasteiger partial charge is 0.269 e. The summed E-state index contributed by atoms with van der Waals surface area (Å²) in [6.07, 6.45) is 0. The minimum absolute atomic E-state index is 0.0186. The zero-order valence-corrected chi connectivity index (χ0v) is 9.68. The molecule has 0 saturated carbocycles. The van der Waals surface area contributed by atoms with Crippen LogP contribution in [0.4, 0.5) is 5.82 Å². The number of hydrogen-bond acceptors (Lipinski definition) is 5. The van der Waals surface area contributed by atoms with Gasteiger partial charge in [0, 0.05) is 0 Å². The average Bonchev–Trinajstić information content (AvgIpc) is 2.25. The van der Waals surface area contributed by atoms with Gasteiger partial charge in [0.1, 0.15) is 11.9 Å². The molecule has 1 aromatic rings. The summed E-state index contributed by atoms with van der Waals surface area (Å²) in [6, 6.07) is 2.41. The SMILES string of the molecule is CC(C)C(Nc1ccc(C(N)=O)nn1)C(N)=O. The Morgan fingerprint density at radius 1 is 1.24 bits per heavy atom. The maximum atomic E-state index is 11.2. The standard InChI is InChI=1S/C10H15N5O2/c1-5(2)8(10(12)17)13-7-4-3-6(9(11)16)14-15-7/h3-5,8H,1-2H3,(H2,11,16)(H2,12,17)(H,13,15). The number of rotatable bonds is 5. The maximum Gasteiger partial charge on any atom is 0.269 e. The molecule has 2 amide bonds. The second-order valence-electron chi connectivity index (χ2n) is 3.94. The van der Waals surface area contributed by atoms with Gasteiger partial charge < -0.3 is 16.8 Å². The fraction of sp³-hybridized carbons (Fsp3) is 0.400. The molecule has 0 fully saturated rings. The van der Waals surface area contributed by atoms with Crippen molar-refractivity contribution in [3.8, 4) is 0 Å². The van der Waals surface area contributed by atoms with E-state index >= 15 is 0 Å². The molecule has 5 N–H and O–H groups in total. The van der Waals surface area contributed by atoms with Crippen molar-refractivity contribution in [1.82, 2.24) is 10.2 Å². The van der Waals surface area contributed by atoms with E-state index in [1.54, 1.807) is 0 Å². The Morgan fingerprint density at radius 3 is 2.24 bits per heavy atom. The van der Waals surface area contributed by atoms with Gasteiger partial charge in [-0.2, -0.15) is 0 Å². The van der Waals surface area contributed by atoms with Crippen LogP contribution in [0.1, 0.15) is 24.3 Å². The number of hydrogen-bond donors (Lipinski definition) is 3. The summed E-state index contributed by atoms with van der Waals surface area (Å²) in [7, 11) is 0. The third kappa shape index (κ3) is 3.40. The van der Waals surface area contributed by atoms with Crippen LogP contribution in [0.3, 0.4) is 0 Å². The van der Waals surface area contributed by atoms with Crippen LogP contribution in [-0.2, 0) is 4.79 Å². The fourth-order valence-electron chi connectivity index (χ4n) is 1.27. The van der Waals surface area contributed by atoms with E-state index in [2.05, 4.69) is 15.5 Å². The summed E-state index contributed by atoms with van der Waals surface area (Å²) in [6.45, 7) is 3.71. The summed E-state index contributed by atoms with van der Waals surface area (Å²) < 4.78 is 0. The lowest BCUT2D eigenvalue weighted by Crippen LogP contribution is -2.39. The molecule has 0 aliphatic heterocycles. The molecular weight excluding hydrogens is 222 g/mol. The zero-order chi connectivity index (χ0) is 13.0. The summed E-state index contributed by atoms with van der Waals surface area (Å²) in [5.41, 5.74) is 10.3. The van der Waals surface area contributed by atoms with E-state index in [1.165, 1.54) is 12.1 Å². The van der Waals surface area contributed by atoms with E-state index in [-0.39, 0.29) is 11.6 Å². The minimum atomic E-state index is -0.653. The number of anilines is 1. The number of nitrogens with one attached hydrogen (secondary N) is 1. The average molecular weight is 237 g/mol. The van der Waals surface area contributed by atoms with Gasteiger partial charge in [0.05, 0.1) is 0 Å². The first kappa shape index (κ1) is 12.9. The molecule has 0 spiro atoms. The molecule has 0 aliphatic carbocycles. The quantitative estimate of drug-likeness (QED) is 0.636. The van der Waals surface area contributed by atoms with Crippen LogP contribution in [0.25, 0.3) is 0 Å². The highest BCUT2D eigenvalue weighted by Gasteiger charge is 2.19. The molecule has 1 heterocycles. The molecule has 7 heteroatoms. The van der Waals surface area contributed by atoms with Crippen molar-refractivity contribution in [2.45, 2.75) is 19.9 Å². The van der Waals surface area contributed by atoms with Gasteiger partial charge in [-0.3, -0.25) is 9.59 Å². The van der Waals surface area contributed by atoms with Gasteiger partial charge in [-0.15, -0.1) is 10.2 Å². The minimum Gasteiger partial charge on any atom is -0.368 e. The van der Waals surface area contributed by atoms with Crippen molar-refractivity contribution < 1.29 is 9.59 Å². The zero-order valence-electron chi connectivity index (χ0n) is 9.68. The summed E-state index contributed by atoms with van der Waals surface area (Å²) in [5, 5.41) is 10.2. The van der Waals surface area contributed by atoms with Crippen LogP contribution in [0.5, 0.6) is 0 Å². The highest BCUT2D eigenvalue weighted by atomic mass is 16.1. The lowest BCUT2D eigenvalue weighted by molar-refractivity contribution is -0.119. The molecule has 0 saturated heterocycles. The van der Waals surface area contributed by atoms with Gasteiger partial charge >= 0.3 is 0 Å². The maximum absolute atomic E-state index is 11.2. The second kappa shape index (κ2) is 5.24. The van der Waals surface area contributed by atoms with Crippen LogP contribution in [0.15, 0.2) is 12.1 Å². The van der Waals surface area contributed by atoms with Crippen LogP contribution in [0, 0.1) is 5.92 Å². The lowest BCUT2D eigenvalue weighted by atomic mass is 10.0. The molecule has 17 heavy (non-hydrogen) atoms. The Kier molecular flexibility index (Phi) is 3.97. The van der Waals surface area contributed by atoms with Crippen molar-refractivity contribution in [3.05, 3.63) is 17.8 Å². The molecule has 1 rings (SSSR count). The number of nitrogens with two attached hydrogens (primary N) is 2. The highest BCUT2D eigenvalue weighted by Crippen LogP contribution is 2.09. The van der Waals surface area contributed by atoms with E-state index in [4.69, 9.17) is 11.5 Å². The largest absolute Gasteiger partial charge is 0.368 e. The number of carbonyl (C=O) groups is 2. The van der Waals surface area contributed by atoms with Gasteiger partial charge in [0.15, 0.2) is 5.69 Å². The summed E-state index contributed by atoms with van der Waals surface area (Å²) in [4.78, 5) is 21.9. The molecule has 92 valence electrons. The predicted octanol–water partition coefficient (Wildman–Crippen LogP) is -0.503. The van der Waals surface area contributed by atoms with Crippen molar-refractivity contribution >= 4 is 17.6 Å². The van der Waals surface area contributed by atoms with Gasteiger partial charge in [-0.05, 0) is 18.1 Å². The number of primary amides is 2. The van der Waals surface area contributed by atoms with Gasteiger partial charge in [0.2, 0.25) is 5.91 Å². The van der Waals surface area contributed by atoms with Crippen molar-refractivity contribution in [3.63, 3.8) is 0 Å². The first-order chi connectivity index (χ1) is 7.91. The monoisotopic (exact) mass is 237 g/mol. The van der Waals surface area contributed by atoms with E-state index in [1.807, 2.05) is 13.8 Å². The van der Waals surface area contributed by atoms with Crippen LogP contribution in [-0.4, -0.2) is 28.1 Å². The third-order valence-corrected chi connectivity index (χ3v) is 2.19.